The molecule has 6 nitrogen and oxygen atoms in total. The van der Waals surface area contributed by atoms with Crippen molar-refractivity contribution in [3.05, 3.63) is 83.9 Å². The smallest absolute Gasteiger partial charge is 0.258 e. The topological polar surface area (TPSA) is 79.9 Å². The number of nitrogens with zero attached hydrogens (tertiary/aromatic N) is 3. The summed E-state index contributed by atoms with van der Waals surface area (Å²) in [5.74, 6) is 0.815. The van der Waals surface area contributed by atoms with Crippen LogP contribution in [0.5, 0.6) is 5.75 Å². The molecule has 3 rings (SSSR count). The van der Waals surface area contributed by atoms with E-state index in [9.17, 15) is 4.79 Å². The number of imidazole rings is 1. The lowest BCUT2D eigenvalue weighted by Crippen LogP contribution is -2.34. The molecule has 6 heteroatoms. The summed E-state index contributed by atoms with van der Waals surface area (Å²) in [5.41, 5.74) is 1.32. The van der Waals surface area contributed by atoms with E-state index in [1.165, 1.54) is 0 Å². The summed E-state index contributed by atoms with van der Waals surface area (Å²) < 4.78 is 7.38. The first-order valence-electron chi connectivity index (χ1n) is 8.12. The molecule has 0 aliphatic carbocycles. The maximum atomic E-state index is 12.5. The molecule has 1 aromatic heterocycles. The van der Waals surface area contributed by atoms with E-state index < -0.39 is 6.04 Å². The van der Waals surface area contributed by atoms with Crippen LogP contribution in [0.4, 0.5) is 0 Å². The highest BCUT2D eigenvalue weighted by Crippen LogP contribution is 2.20. The van der Waals surface area contributed by atoms with Gasteiger partial charge >= 0.3 is 0 Å². The predicted molar refractivity (Wildman–Crippen MR) is 96.3 cm³/mol. The Morgan fingerprint density at radius 2 is 1.96 bits per heavy atom. The van der Waals surface area contributed by atoms with E-state index >= 15 is 0 Å². The Labute approximate surface area is 151 Å². The van der Waals surface area contributed by atoms with Crippen LogP contribution in [-0.2, 0) is 11.8 Å². The molecule has 130 valence electrons. The summed E-state index contributed by atoms with van der Waals surface area (Å²) in [6, 6.07) is 18.1. The zero-order valence-electron chi connectivity index (χ0n) is 14.3. The lowest BCUT2D eigenvalue weighted by Gasteiger charge is -2.19. The summed E-state index contributed by atoms with van der Waals surface area (Å²) in [6.45, 7) is -0.188. The normalized spacial score (nSPS) is 11.4. The molecule has 0 saturated heterocycles. The number of benzene rings is 2. The predicted octanol–water partition coefficient (Wildman–Crippen LogP) is 2.58. The summed E-state index contributed by atoms with van der Waals surface area (Å²) >= 11 is 0. The lowest BCUT2D eigenvalue weighted by atomic mass is 10.1. The number of hydrogen-bond acceptors (Lipinski definition) is 4. The fourth-order valence-corrected chi connectivity index (χ4v) is 2.63. The third kappa shape index (κ3) is 3.90. The molecule has 0 aliphatic heterocycles. The second-order valence-electron chi connectivity index (χ2n) is 5.70. The average Bonchev–Trinajstić information content (AvgIpc) is 3.11. The van der Waals surface area contributed by atoms with E-state index in [2.05, 4.69) is 10.3 Å². The maximum Gasteiger partial charge on any atom is 0.258 e. The molecule has 0 spiro atoms. The number of carbonyl (C=O) groups is 1. The summed E-state index contributed by atoms with van der Waals surface area (Å²) in [6.07, 6.45) is 3.52. The van der Waals surface area contributed by atoms with Crippen LogP contribution in [0.2, 0.25) is 0 Å². The second kappa shape index (κ2) is 7.99. The fraction of sp³-hybridized carbons (Fsp3) is 0.150. The van der Waals surface area contributed by atoms with Crippen molar-refractivity contribution in [1.29, 1.82) is 5.26 Å². The Bertz CT molecular complexity index is 928. The summed E-state index contributed by atoms with van der Waals surface area (Å²) in [5, 5.41) is 12.0. The molecule has 2 aromatic carbocycles. The number of rotatable bonds is 6. The van der Waals surface area contributed by atoms with E-state index in [1.807, 2.05) is 54.2 Å². The van der Waals surface area contributed by atoms with Crippen molar-refractivity contribution in [2.45, 2.75) is 6.04 Å². The van der Waals surface area contributed by atoms with Gasteiger partial charge in [-0.25, -0.2) is 4.98 Å². The van der Waals surface area contributed by atoms with Crippen LogP contribution >= 0.6 is 0 Å². The zero-order chi connectivity index (χ0) is 18.4. The minimum Gasteiger partial charge on any atom is -0.482 e. The minimum atomic E-state index is -0.390. The molecule has 26 heavy (non-hydrogen) atoms. The van der Waals surface area contributed by atoms with Gasteiger partial charge in [-0.05, 0) is 17.7 Å². The van der Waals surface area contributed by atoms with Crippen LogP contribution in [0.15, 0.2) is 67.0 Å². The molecule has 0 fully saturated rings. The number of carbonyl (C=O) groups excluding carboxylic acids is 1. The van der Waals surface area contributed by atoms with Crippen molar-refractivity contribution in [1.82, 2.24) is 14.9 Å². The molecule has 0 saturated carbocycles. The van der Waals surface area contributed by atoms with Gasteiger partial charge in [-0.2, -0.15) is 5.26 Å². The number of para-hydroxylation sites is 1. The third-order valence-corrected chi connectivity index (χ3v) is 3.92. The van der Waals surface area contributed by atoms with Gasteiger partial charge in [0.05, 0.1) is 5.56 Å². The van der Waals surface area contributed by atoms with Crippen molar-refractivity contribution in [2.24, 2.45) is 7.05 Å². The van der Waals surface area contributed by atoms with Gasteiger partial charge in [-0.3, -0.25) is 4.79 Å². The van der Waals surface area contributed by atoms with Crippen molar-refractivity contribution in [3.8, 4) is 11.8 Å². The molecule has 1 unspecified atom stereocenters. The Morgan fingerprint density at radius 1 is 1.23 bits per heavy atom. The number of nitriles is 1. The SMILES string of the molecule is Cn1ccnc1C(NC(=O)COc1ccccc1C#N)c1ccccc1. The monoisotopic (exact) mass is 346 g/mol. The van der Waals surface area contributed by atoms with Crippen LogP contribution in [0.1, 0.15) is 23.0 Å². The van der Waals surface area contributed by atoms with Crippen molar-refractivity contribution in [2.75, 3.05) is 6.61 Å². The van der Waals surface area contributed by atoms with Gasteiger partial charge in [-0.1, -0.05) is 42.5 Å². The van der Waals surface area contributed by atoms with Crippen LogP contribution < -0.4 is 10.1 Å². The van der Waals surface area contributed by atoms with E-state index in [1.54, 1.807) is 30.5 Å². The highest BCUT2D eigenvalue weighted by atomic mass is 16.5. The van der Waals surface area contributed by atoms with Crippen molar-refractivity contribution in [3.63, 3.8) is 0 Å². The van der Waals surface area contributed by atoms with Gasteiger partial charge in [0.2, 0.25) is 0 Å². The Balaban J connectivity index is 1.74. The lowest BCUT2D eigenvalue weighted by molar-refractivity contribution is -0.123. The molecule has 3 aromatic rings. The standard InChI is InChI=1S/C20H18N4O2/c1-24-12-11-22-20(24)19(15-7-3-2-4-8-15)23-18(25)14-26-17-10-6-5-9-16(17)13-21/h2-12,19H,14H2,1H3,(H,23,25). The van der Waals surface area contributed by atoms with Gasteiger partial charge in [0, 0.05) is 19.4 Å². The van der Waals surface area contributed by atoms with Gasteiger partial charge < -0.3 is 14.6 Å². The number of aryl methyl sites for hydroxylation is 1. The molecule has 1 atom stereocenters. The van der Waals surface area contributed by atoms with Crippen molar-refractivity contribution < 1.29 is 9.53 Å². The Kier molecular flexibility index (Phi) is 5.30. The maximum absolute atomic E-state index is 12.5. The largest absolute Gasteiger partial charge is 0.482 e. The summed E-state index contributed by atoms with van der Waals surface area (Å²) in [4.78, 5) is 16.8. The van der Waals surface area contributed by atoms with E-state index in [0.717, 1.165) is 11.4 Å². The van der Waals surface area contributed by atoms with E-state index in [0.29, 0.717) is 11.3 Å². The van der Waals surface area contributed by atoms with Crippen LogP contribution in [0, 0.1) is 11.3 Å². The first kappa shape index (κ1) is 17.2. The highest BCUT2D eigenvalue weighted by Gasteiger charge is 2.20. The first-order valence-corrected chi connectivity index (χ1v) is 8.12. The molecule has 0 aliphatic rings. The van der Waals surface area contributed by atoms with Gasteiger partial charge in [-0.15, -0.1) is 0 Å². The van der Waals surface area contributed by atoms with Crippen LogP contribution in [0.25, 0.3) is 0 Å². The average molecular weight is 346 g/mol. The van der Waals surface area contributed by atoms with Gasteiger partial charge in [0.25, 0.3) is 5.91 Å². The quantitative estimate of drug-likeness (QED) is 0.744. The fourth-order valence-electron chi connectivity index (χ4n) is 2.63. The number of ether oxygens (including phenoxy) is 1. The third-order valence-electron chi connectivity index (χ3n) is 3.92. The number of amides is 1. The number of aromatic nitrogens is 2. The molecule has 0 bridgehead atoms. The van der Waals surface area contributed by atoms with Gasteiger partial charge in [0.15, 0.2) is 6.61 Å². The summed E-state index contributed by atoms with van der Waals surface area (Å²) in [7, 11) is 1.88. The second-order valence-corrected chi connectivity index (χ2v) is 5.70. The molecule has 1 N–H and O–H groups in total. The molecule has 0 radical (unpaired) electrons. The van der Waals surface area contributed by atoms with E-state index in [4.69, 9.17) is 10.00 Å². The number of nitrogens with one attached hydrogen (secondary N) is 1. The number of hydrogen-bond donors (Lipinski definition) is 1. The highest BCUT2D eigenvalue weighted by molar-refractivity contribution is 5.78. The molecular weight excluding hydrogens is 328 g/mol. The van der Waals surface area contributed by atoms with Crippen LogP contribution in [-0.4, -0.2) is 22.1 Å². The Morgan fingerprint density at radius 3 is 2.65 bits per heavy atom. The molecular formula is C20H18N4O2. The van der Waals surface area contributed by atoms with Crippen LogP contribution in [0.3, 0.4) is 0 Å². The molecule has 1 amide bonds. The van der Waals surface area contributed by atoms with E-state index in [-0.39, 0.29) is 12.5 Å². The minimum absolute atomic E-state index is 0.188. The first-order chi connectivity index (χ1) is 12.7. The van der Waals surface area contributed by atoms with Gasteiger partial charge in [0.1, 0.15) is 23.7 Å². The Hall–Kier alpha value is -3.59. The molecule has 1 heterocycles. The zero-order valence-corrected chi connectivity index (χ0v) is 14.3. The van der Waals surface area contributed by atoms with Crippen molar-refractivity contribution >= 4 is 5.91 Å².